The molecular formula is C18H34. The molecule has 0 N–H and O–H groups in total. The highest BCUT2D eigenvalue weighted by atomic mass is 14.3. The molecule has 0 radical (unpaired) electrons. The van der Waals surface area contributed by atoms with Gasteiger partial charge in [0.15, 0.2) is 0 Å². The van der Waals surface area contributed by atoms with Gasteiger partial charge in [0.25, 0.3) is 0 Å². The summed E-state index contributed by atoms with van der Waals surface area (Å²) in [7, 11) is 0. The van der Waals surface area contributed by atoms with Gasteiger partial charge in [-0.1, -0.05) is 79.0 Å². The third-order valence-electron chi connectivity index (χ3n) is 3.78. The van der Waals surface area contributed by atoms with Crippen LogP contribution >= 0.6 is 0 Å². The molecule has 0 saturated heterocycles. The van der Waals surface area contributed by atoms with Crippen molar-refractivity contribution in [2.24, 2.45) is 11.3 Å². The molecular weight excluding hydrogens is 216 g/mol. The van der Waals surface area contributed by atoms with Gasteiger partial charge in [-0.25, -0.2) is 0 Å². The quantitative estimate of drug-likeness (QED) is 0.486. The molecule has 18 heavy (non-hydrogen) atoms. The van der Waals surface area contributed by atoms with Gasteiger partial charge in [0, 0.05) is 0 Å². The van der Waals surface area contributed by atoms with Crippen molar-refractivity contribution in [3.8, 4) is 0 Å². The Morgan fingerprint density at radius 1 is 1.22 bits per heavy atom. The average molecular weight is 250 g/mol. The second kappa shape index (κ2) is 9.42. The zero-order valence-corrected chi connectivity index (χ0v) is 13.6. The van der Waals surface area contributed by atoms with E-state index in [1.54, 1.807) is 5.57 Å². The van der Waals surface area contributed by atoms with Crippen LogP contribution < -0.4 is 0 Å². The molecule has 1 unspecified atom stereocenters. The van der Waals surface area contributed by atoms with E-state index in [0.717, 1.165) is 5.92 Å². The summed E-state index contributed by atoms with van der Waals surface area (Å²) < 4.78 is 0. The minimum atomic E-state index is 0.371. The lowest BCUT2D eigenvalue weighted by Gasteiger charge is -2.26. The largest absolute Gasteiger partial charge is 0.0814 e. The van der Waals surface area contributed by atoms with Gasteiger partial charge >= 0.3 is 0 Å². The minimum Gasteiger partial charge on any atom is -0.0814 e. The molecule has 0 heteroatoms. The SMILES string of the molecule is CC.CCCCCC(C)(C)C1=CCCC(C)C=C1. The van der Waals surface area contributed by atoms with Crippen LogP contribution in [0.25, 0.3) is 0 Å². The summed E-state index contributed by atoms with van der Waals surface area (Å²) in [5.41, 5.74) is 1.93. The second-order valence-corrected chi connectivity index (χ2v) is 5.91. The third-order valence-corrected chi connectivity index (χ3v) is 3.78. The summed E-state index contributed by atoms with van der Waals surface area (Å²) in [5, 5.41) is 0. The number of rotatable bonds is 5. The molecule has 0 amide bonds. The molecule has 0 bridgehead atoms. The van der Waals surface area contributed by atoms with Gasteiger partial charge in [0.2, 0.25) is 0 Å². The van der Waals surface area contributed by atoms with Crippen molar-refractivity contribution in [2.75, 3.05) is 0 Å². The van der Waals surface area contributed by atoms with Crippen molar-refractivity contribution in [3.05, 3.63) is 23.8 Å². The highest BCUT2D eigenvalue weighted by Crippen LogP contribution is 2.35. The monoisotopic (exact) mass is 250 g/mol. The standard InChI is InChI=1S/C16H28.C2H6/c1-5-6-7-13-16(3,4)15-10-8-9-14(2)11-12-15;1-2/h10-12,14H,5-9,13H2,1-4H3;1-2H3. The van der Waals surface area contributed by atoms with Gasteiger partial charge in [-0.15, -0.1) is 0 Å². The first kappa shape index (κ1) is 17.5. The summed E-state index contributed by atoms with van der Waals surface area (Å²) in [4.78, 5) is 0. The van der Waals surface area contributed by atoms with E-state index in [0.29, 0.717) is 5.41 Å². The van der Waals surface area contributed by atoms with Crippen LogP contribution in [0.3, 0.4) is 0 Å². The lowest BCUT2D eigenvalue weighted by Crippen LogP contribution is -2.13. The molecule has 0 saturated carbocycles. The number of hydrogen-bond donors (Lipinski definition) is 0. The fraction of sp³-hybridized carbons (Fsp3) is 0.778. The first-order valence-corrected chi connectivity index (χ1v) is 7.95. The predicted molar refractivity (Wildman–Crippen MR) is 84.9 cm³/mol. The fourth-order valence-electron chi connectivity index (χ4n) is 2.40. The molecule has 0 aromatic carbocycles. The average Bonchev–Trinajstić information content (AvgIpc) is 2.57. The molecule has 0 spiro atoms. The zero-order chi connectivity index (χ0) is 14.0. The Kier molecular flexibility index (Phi) is 9.14. The minimum absolute atomic E-state index is 0.371. The van der Waals surface area contributed by atoms with E-state index >= 15 is 0 Å². The summed E-state index contributed by atoms with van der Waals surface area (Å²) in [6.07, 6.45) is 15.2. The molecule has 1 rings (SSSR count). The van der Waals surface area contributed by atoms with Gasteiger partial charge in [-0.2, -0.15) is 0 Å². The van der Waals surface area contributed by atoms with Crippen molar-refractivity contribution >= 4 is 0 Å². The van der Waals surface area contributed by atoms with Crippen LogP contribution in [0.1, 0.15) is 80.1 Å². The van der Waals surface area contributed by atoms with Crippen LogP contribution in [0.15, 0.2) is 23.8 Å². The maximum atomic E-state index is 2.46. The van der Waals surface area contributed by atoms with Gasteiger partial charge in [0.1, 0.15) is 0 Å². The van der Waals surface area contributed by atoms with E-state index in [1.165, 1.54) is 38.5 Å². The Hall–Kier alpha value is -0.520. The molecule has 0 aromatic heterocycles. The Balaban J connectivity index is 0.00000137. The summed E-state index contributed by atoms with van der Waals surface area (Å²) in [6.45, 7) is 13.4. The van der Waals surface area contributed by atoms with Crippen molar-refractivity contribution in [1.29, 1.82) is 0 Å². The van der Waals surface area contributed by atoms with E-state index in [1.807, 2.05) is 13.8 Å². The Labute approximate surface area is 116 Å². The lowest BCUT2D eigenvalue weighted by atomic mass is 9.79. The van der Waals surface area contributed by atoms with Gasteiger partial charge < -0.3 is 0 Å². The molecule has 0 aromatic rings. The smallest absolute Gasteiger partial charge is 0.0107 e. The van der Waals surface area contributed by atoms with Crippen LogP contribution in [0.2, 0.25) is 0 Å². The molecule has 106 valence electrons. The predicted octanol–water partition coefficient (Wildman–Crippen LogP) is 6.53. The van der Waals surface area contributed by atoms with Crippen LogP contribution in [-0.4, -0.2) is 0 Å². The topological polar surface area (TPSA) is 0 Å². The summed E-state index contributed by atoms with van der Waals surface area (Å²) in [5.74, 6) is 0.750. The first-order valence-electron chi connectivity index (χ1n) is 7.95. The van der Waals surface area contributed by atoms with Crippen LogP contribution in [0.4, 0.5) is 0 Å². The molecule has 0 aliphatic heterocycles. The lowest BCUT2D eigenvalue weighted by molar-refractivity contribution is 0.394. The first-order chi connectivity index (χ1) is 8.56. The summed E-state index contributed by atoms with van der Waals surface area (Å²) >= 11 is 0. The van der Waals surface area contributed by atoms with Gasteiger partial charge in [0.05, 0.1) is 0 Å². The second-order valence-electron chi connectivity index (χ2n) is 5.91. The van der Waals surface area contributed by atoms with E-state index in [-0.39, 0.29) is 0 Å². The fourth-order valence-corrected chi connectivity index (χ4v) is 2.40. The summed E-state index contributed by atoms with van der Waals surface area (Å²) in [6, 6.07) is 0. The van der Waals surface area contributed by atoms with Crippen LogP contribution in [0, 0.1) is 11.3 Å². The van der Waals surface area contributed by atoms with E-state index < -0.39 is 0 Å². The molecule has 0 heterocycles. The van der Waals surface area contributed by atoms with E-state index in [9.17, 15) is 0 Å². The maximum absolute atomic E-state index is 2.46. The van der Waals surface area contributed by atoms with Gasteiger partial charge in [-0.05, 0) is 36.2 Å². The number of hydrogen-bond acceptors (Lipinski definition) is 0. The highest BCUT2D eigenvalue weighted by molar-refractivity contribution is 5.27. The normalized spacial score (nSPS) is 19.7. The number of unbranched alkanes of at least 4 members (excludes halogenated alkanes) is 2. The van der Waals surface area contributed by atoms with Crippen LogP contribution in [0.5, 0.6) is 0 Å². The Morgan fingerprint density at radius 2 is 1.89 bits per heavy atom. The van der Waals surface area contributed by atoms with Crippen molar-refractivity contribution in [1.82, 2.24) is 0 Å². The molecule has 0 fully saturated rings. The van der Waals surface area contributed by atoms with Gasteiger partial charge in [-0.3, -0.25) is 0 Å². The van der Waals surface area contributed by atoms with Crippen molar-refractivity contribution in [3.63, 3.8) is 0 Å². The van der Waals surface area contributed by atoms with Crippen molar-refractivity contribution in [2.45, 2.75) is 80.1 Å². The van der Waals surface area contributed by atoms with Crippen LogP contribution in [-0.2, 0) is 0 Å². The highest BCUT2D eigenvalue weighted by Gasteiger charge is 2.21. The molecule has 0 nitrogen and oxygen atoms in total. The maximum Gasteiger partial charge on any atom is -0.0107 e. The van der Waals surface area contributed by atoms with E-state index in [2.05, 4.69) is 45.9 Å². The number of allylic oxidation sites excluding steroid dienone is 4. The molecule has 1 aliphatic rings. The zero-order valence-electron chi connectivity index (χ0n) is 13.6. The van der Waals surface area contributed by atoms with E-state index in [4.69, 9.17) is 0 Å². The molecule has 1 atom stereocenters. The third kappa shape index (κ3) is 6.42. The Morgan fingerprint density at radius 3 is 2.50 bits per heavy atom. The molecule has 1 aliphatic carbocycles. The Bertz CT molecular complexity index is 255. The van der Waals surface area contributed by atoms with Crippen molar-refractivity contribution < 1.29 is 0 Å².